The first-order chi connectivity index (χ1) is 10.1. The number of nitrogens with zero attached hydrogens (tertiary/aromatic N) is 2. The van der Waals surface area contributed by atoms with Gasteiger partial charge in [-0.15, -0.1) is 0 Å². The molecule has 0 radical (unpaired) electrons. The molecule has 118 valence electrons. The molecule has 1 saturated carbocycles. The van der Waals surface area contributed by atoms with Crippen LogP contribution in [0.1, 0.15) is 82.8 Å². The third-order valence-corrected chi connectivity index (χ3v) is 4.15. The van der Waals surface area contributed by atoms with Crippen molar-refractivity contribution in [3.05, 3.63) is 11.7 Å². The van der Waals surface area contributed by atoms with Crippen LogP contribution in [-0.2, 0) is 9.53 Å². The summed E-state index contributed by atoms with van der Waals surface area (Å²) < 4.78 is 10.5. The van der Waals surface area contributed by atoms with Gasteiger partial charge in [0.15, 0.2) is 5.82 Å². The molecule has 0 aromatic carbocycles. The zero-order valence-corrected chi connectivity index (χ0v) is 13.3. The predicted octanol–water partition coefficient (Wildman–Crippen LogP) is 3.81. The monoisotopic (exact) mass is 294 g/mol. The van der Waals surface area contributed by atoms with E-state index in [4.69, 9.17) is 9.26 Å². The third-order valence-electron chi connectivity index (χ3n) is 4.15. The van der Waals surface area contributed by atoms with Crippen LogP contribution in [0.25, 0.3) is 0 Å². The highest BCUT2D eigenvalue weighted by molar-refractivity contribution is 5.77. The van der Waals surface area contributed by atoms with E-state index < -0.39 is 5.92 Å². The molecule has 5 nitrogen and oxygen atoms in total. The topological polar surface area (TPSA) is 65.2 Å². The standard InChI is InChI=1S/C16H26N2O3/c1-4-20-16(19)13(11(2)3)15-17-14(18-21-15)12-9-7-5-6-8-10-12/h11-13H,4-10H2,1-3H3. The van der Waals surface area contributed by atoms with Gasteiger partial charge in [0.25, 0.3) is 0 Å². The van der Waals surface area contributed by atoms with E-state index >= 15 is 0 Å². The van der Waals surface area contributed by atoms with E-state index in [0.29, 0.717) is 18.4 Å². The Labute approximate surface area is 126 Å². The molecule has 1 unspecified atom stereocenters. The zero-order valence-electron chi connectivity index (χ0n) is 13.3. The van der Waals surface area contributed by atoms with Gasteiger partial charge >= 0.3 is 5.97 Å². The highest BCUT2D eigenvalue weighted by Gasteiger charge is 2.32. The SMILES string of the molecule is CCOC(=O)C(c1nc(C2CCCCCC2)no1)C(C)C. The Hall–Kier alpha value is -1.39. The van der Waals surface area contributed by atoms with Crippen molar-refractivity contribution in [3.63, 3.8) is 0 Å². The van der Waals surface area contributed by atoms with Gasteiger partial charge in [-0.3, -0.25) is 4.79 Å². The molecule has 0 N–H and O–H groups in total. The number of rotatable bonds is 5. The van der Waals surface area contributed by atoms with Gasteiger partial charge in [-0.1, -0.05) is 44.7 Å². The van der Waals surface area contributed by atoms with Crippen molar-refractivity contribution in [1.82, 2.24) is 10.1 Å². The fraction of sp³-hybridized carbons (Fsp3) is 0.812. The van der Waals surface area contributed by atoms with Crippen LogP contribution in [0.5, 0.6) is 0 Å². The third kappa shape index (κ3) is 4.05. The van der Waals surface area contributed by atoms with Crippen molar-refractivity contribution >= 4 is 5.97 Å². The average molecular weight is 294 g/mol. The Morgan fingerprint density at radius 1 is 1.29 bits per heavy atom. The minimum atomic E-state index is -0.461. The zero-order chi connectivity index (χ0) is 15.2. The van der Waals surface area contributed by atoms with Gasteiger partial charge in [0.2, 0.25) is 5.89 Å². The Kier molecular flexibility index (Phi) is 5.76. The minimum absolute atomic E-state index is 0.0754. The summed E-state index contributed by atoms with van der Waals surface area (Å²) in [5.74, 6) is 0.886. The molecule has 1 atom stereocenters. The van der Waals surface area contributed by atoms with E-state index in [1.54, 1.807) is 6.92 Å². The summed E-state index contributed by atoms with van der Waals surface area (Å²) in [6.07, 6.45) is 7.26. The number of hydrogen-bond donors (Lipinski definition) is 0. The molecule has 0 aliphatic heterocycles. The Balaban J connectivity index is 2.13. The highest BCUT2D eigenvalue weighted by Crippen LogP contribution is 2.32. The van der Waals surface area contributed by atoms with E-state index in [1.165, 1.54) is 25.7 Å². The first-order valence-corrected chi connectivity index (χ1v) is 8.13. The van der Waals surface area contributed by atoms with Gasteiger partial charge in [-0.25, -0.2) is 0 Å². The largest absolute Gasteiger partial charge is 0.465 e. The summed E-state index contributed by atoms with van der Waals surface area (Å²) in [6, 6.07) is 0. The predicted molar refractivity (Wildman–Crippen MR) is 79.0 cm³/mol. The van der Waals surface area contributed by atoms with Crippen LogP contribution in [-0.4, -0.2) is 22.7 Å². The van der Waals surface area contributed by atoms with Crippen LogP contribution in [0, 0.1) is 5.92 Å². The lowest BCUT2D eigenvalue weighted by Gasteiger charge is -2.14. The molecule has 1 aromatic rings. The maximum atomic E-state index is 12.1. The van der Waals surface area contributed by atoms with Crippen molar-refractivity contribution < 1.29 is 14.1 Å². The maximum absolute atomic E-state index is 12.1. The Morgan fingerprint density at radius 2 is 1.95 bits per heavy atom. The molecule has 1 fully saturated rings. The molecule has 1 aliphatic carbocycles. The Morgan fingerprint density at radius 3 is 2.52 bits per heavy atom. The minimum Gasteiger partial charge on any atom is -0.465 e. The van der Waals surface area contributed by atoms with Crippen molar-refractivity contribution in [2.45, 2.75) is 71.1 Å². The number of aromatic nitrogens is 2. The fourth-order valence-electron chi connectivity index (χ4n) is 2.97. The first kappa shape index (κ1) is 16.0. The normalized spacial score (nSPS) is 18.5. The van der Waals surface area contributed by atoms with Crippen molar-refractivity contribution in [3.8, 4) is 0 Å². The van der Waals surface area contributed by atoms with E-state index in [9.17, 15) is 4.79 Å². The van der Waals surface area contributed by atoms with E-state index in [-0.39, 0.29) is 11.9 Å². The molecular formula is C16H26N2O3. The maximum Gasteiger partial charge on any atom is 0.318 e. The number of carbonyl (C=O) groups is 1. The second kappa shape index (κ2) is 7.57. The summed E-state index contributed by atoms with van der Waals surface area (Å²) in [5.41, 5.74) is 0. The Bertz CT molecular complexity index is 448. The summed E-state index contributed by atoms with van der Waals surface area (Å²) in [5, 5.41) is 4.13. The van der Waals surface area contributed by atoms with Crippen LogP contribution < -0.4 is 0 Å². The van der Waals surface area contributed by atoms with Crippen LogP contribution in [0.4, 0.5) is 0 Å². The average Bonchev–Trinajstić information content (AvgIpc) is 2.74. The summed E-state index contributed by atoms with van der Waals surface area (Å²) in [6.45, 7) is 6.11. The van der Waals surface area contributed by atoms with Gasteiger partial charge in [0, 0.05) is 5.92 Å². The van der Waals surface area contributed by atoms with Crippen LogP contribution in [0.2, 0.25) is 0 Å². The van der Waals surface area contributed by atoms with E-state index in [0.717, 1.165) is 18.7 Å². The van der Waals surface area contributed by atoms with Crippen molar-refractivity contribution in [2.24, 2.45) is 5.92 Å². The number of hydrogen-bond acceptors (Lipinski definition) is 5. The molecular weight excluding hydrogens is 268 g/mol. The molecule has 21 heavy (non-hydrogen) atoms. The second-order valence-corrected chi connectivity index (χ2v) is 6.15. The van der Waals surface area contributed by atoms with Gasteiger partial charge in [0.05, 0.1) is 6.61 Å². The summed E-state index contributed by atoms with van der Waals surface area (Å²) in [4.78, 5) is 16.6. The van der Waals surface area contributed by atoms with Crippen LogP contribution in [0.15, 0.2) is 4.52 Å². The van der Waals surface area contributed by atoms with Crippen LogP contribution >= 0.6 is 0 Å². The summed E-state index contributed by atoms with van der Waals surface area (Å²) in [7, 11) is 0. The molecule has 1 aromatic heterocycles. The van der Waals surface area contributed by atoms with E-state index in [1.807, 2.05) is 13.8 Å². The first-order valence-electron chi connectivity index (χ1n) is 8.13. The lowest BCUT2D eigenvalue weighted by atomic mass is 9.95. The molecule has 0 amide bonds. The smallest absolute Gasteiger partial charge is 0.318 e. The molecule has 5 heteroatoms. The van der Waals surface area contributed by atoms with Gasteiger partial charge in [-0.05, 0) is 25.7 Å². The van der Waals surface area contributed by atoms with Gasteiger partial charge in [-0.2, -0.15) is 4.98 Å². The van der Waals surface area contributed by atoms with Gasteiger partial charge < -0.3 is 9.26 Å². The summed E-state index contributed by atoms with van der Waals surface area (Å²) >= 11 is 0. The van der Waals surface area contributed by atoms with Gasteiger partial charge in [0.1, 0.15) is 5.92 Å². The molecule has 0 bridgehead atoms. The molecule has 1 aliphatic rings. The molecule has 0 spiro atoms. The lowest BCUT2D eigenvalue weighted by molar-refractivity contribution is -0.146. The van der Waals surface area contributed by atoms with E-state index in [2.05, 4.69) is 10.1 Å². The number of carbonyl (C=O) groups excluding carboxylic acids is 1. The fourth-order valence-corrected chi connectivity index (χ4v) is 2.97. The van der Waals surface area contributed by atoms with Crippen LogP contribution in [0.3, 0.4) is 0 Å². The van der Waals surface area contributed by atoms with Crippen molar-refractivity contribution in [1.29, 1.82) is 0 Å². The molecule has 0 saturated heterocycles. The molecule has 2 rings (SSSR count). The van der Waals surface area contributed by atoms with Crippen molar-refractivity contribution in [2.75, 3.05) is 6.61 Å². The number of ether oxygens (including phenoxy) is 1. The molecule has 1 heterocycles. The lowest BCUT2D eigenvalue weighted by Crippen LogP contribution is -2.21. The highest BCUT2D eigenvalue weighted by atomic mass is 16.5. The quantitative estimate of drug-likeness (QED) is 0.610. The number of esters is 1. The second-order valence-electron chi connectivity index (χ2n) is 6.15.